The first kappa shape index (κ1) is 20.9. The first-order chi connectivity index (χ1) is 14.3. The predicted molar refractivity (Wildman–Crippen MR) is 122 cm³/mol. The van der Waals surface area contributed by atoms with E-state index in [1.54, 1.807) is 6.20 Å². The van der Waals surface area contributed by atoms with Gasteiger partial charge in [0.2, 0.25) is 0 Å². The van der Waals surface area contributed by atoms with Crippen LogP contribution in [0.1, 0.15) is 55.2 Å². The van der Waals surface area contributed by atoms with E-state index in [0.29, 0.717) is 5.52 Å². The molecule has 2 aromatic heterocycles. The van der Waals surface area contributed by atoms with Crippen LogP contribution in [0.5, 0.6) is 0 Å². The highest BCUT2D eigenvalue weighted by Gasteiger charge is 2.18. The second-order valence-electron chi connectivity index (χ2n) is 8.82. The first-order valence-electron chi connectivity index (χ1n) is 10.8. The van der Waals surface area contributed by atoms with Crippen LogP contribution in [-0.2, 0) is 22.0 Å². The van der Waals surface area contributed by atoms with Gasteiger partial charge in [0.15, 0.2) is 9.84 Å². The number of nitrogens with one attached hydrogen (secondary N) is 1. The van der Waals surface area contributed by atoms with Crippen LogP contribution in [0.15, 0.2) is 41.5 Å². The Hall–Kier alpha value is -2.34. The van der Waals surface area contributed by atoms with Gasteiger partial charge in [0.05, 0.1) is 11.4 Å². The molecule has 1 aliphatic carbocycles. The van der Waals surface area contributed by atoms with Crippen LogP contribution < -0.4 is 5.56 Å². The van der Waals surface area contributed by atoms with Gasteiger partial charge in [-0.25, -0.2) is 8.42 Å². The average molecular weight is 427 g/mol. The molecule has 0 aliphatic heterocycles. The molecule has 0 unspecified atom stereocenters. The summed E-state index contributed by atoms with van der Waals surface area (Å²) in [5.41, 5.74) is 5.42. The highest BCUT2D eigenvalue weighted by atomic mass is 32.2. The lowest BCUT2D eigenvalue weighted by Crippen LogP contribution is -2.10. The van der Waals surface area contributed by atoms with Crippen molar-refractivity contribution in [2.24, 2.45) is 5.92 Å². The number of fused-ring (bicyclic) bond motifs is 1. The maximum absolute atomic E-state index is 12.4. The highest BCUT2D eigenvalue weighted by molar-refractivity contribution is 7.89. The fourth-order valence-corrected chi connectivity index (χ4v) is 5.65. The molecule has 0 atom stereocenters. The molecular formula is C24H30N2O3S. The average Bonchev–Trinajstić information content (AvgIpc) is 3.04. The van der Waals surface area contributed by atoms with Gasteiger partial charge in [-0.15, -0.1) is 0 Å². The van der Waals surface area contributed by atoms with E-state index < -0.39 is 9.84 Å². The summed E-state index contributed by atoms with van der Waals surface area (Å²) in [5, 5.41) is 0. The van der Waals surface area contributed by atoms with Crippen molar-refractivity contribution in [1.82, 2.24) is 9.38 Å². The van der Waals surface area contributed by atoms with Gasteiger partial charge in [0.1, 0.15) is 5.52 Å². The summed E-state index contributed by atoms with van der Waals surface area (Å²) >= 11 is 0. The zero-order valence-electron chi connectivity index (χ0n) is 17.8. The third kappa shape index (κ3) is 4.53. The van der Waals surface area contributed by atoms with Gasteiger partial charge in [-0.1, -0.05) is 44.2 Å². The Kier molecular flexibility index (Phi) is 5.87. The number of rotatable bonds is 6. The second kappa shape index (κ2) is 8.42. The molecule has 0 saturated heterocycles. The number of aryl methyl sites for hydroxylation is 2. The third-order valence-electron chi connectivity index (χ3n) is 6.31. The van der Waals surface area contributed by atoms with Crippen molar-refractivity contribution in [2.75, 3.05) is 6.26 Å². The molecule has 1 N–H and O–H groups in total. The van der Waals surface area contributed by atoms with Crippen LogP contribution in [0.3, 0.4) is 0 Å². The largest absolute Gasteiger partial charge is 0.326 e. The Morgan fingerprint density at radius 3 is 2.63 bits per heavy atom. The number of aromatic amines is 1. The topological polar surface area (TPSA) is 71.4 Å². The number of hydrogen-bond acceptors (Lipinski definition) is 3. The molecule has 1 aliphatic rings. The minimum absolute atomic E-state index is 0.0196. The Morgan fingerprint density at radius 1 is 1.13 bits per heavy atom. The van der Waals surface area contributed by atoms with Crippen LogP contribution in [0.4, 0.5) is 0 Å². The second-order valence-corrected chi connectivity index (χ2v) is 11.0. The van der Waals surface area contributed by atoms with E-state index in [-0.39, 0.29) is 11.3 Å². The van der Waals surface area contributed by atoms with Gasteiger partial charge in [0.25, 0.3) is 5.56 Å². The van der Waals surface area contributed by atoms with E-state index in [1.165, 1.54) is 43.9 Å². The summed E-state index contributed by atoms with van der Waals surface area (Å²) in [6.07, 6.45) is 13.5. The third-order valence-corrected chi connectivity index (χ3v) is 7.16. The highest BCUT2D eigenvalue weighted by Crippen LogP contribution is 2.32. The molecule has 5 nitrogen and oxygen atoms in total. The Labute approximate surface area is 178 Å². The Morgan fingerprint density at radius 2 is 1.90 bits per heavy atom. The lowest BCUT2D eigenvalue weighted by atomic mass is 9.84. The van der Waals surface area contributed by atoms with E-state index >= 15 is 0 Å². The van der Waals surface area contributed by atoms with Crippen molar-refractivity contribution in [3.05, 3.63) is 63.7 Å². The fraction of sp³-hybridized carbons (Fsp3) is 0.458. The van der Waals surface area contributed by atoms with Crippen molar-refractivity contribution in [1.29, 1.82) is 0 Å². The van der Waals surface area contributed by atoms with Crippen molar-refractivity contribution < 1.29 is 8.42 Å². The van der Waals surface area contributed by atoms with Gasteiger partial charge < -0.3 is 9.38 Å². The molecule has 0 radical (unpaired) electrons. The molecule has 30 heavy (non-hydrogen) atoms. The van der Waals surface area contributed by atoms with E-state index in [1.807, 2.05) is 35.7 Å². The van der Waals surface area contributed by atoms with Crippen molar-refractivity contribution in [3.63, 3.8) is 0 Å². The number of sulfone groups is 1. The van der Waals surface area contributed by atoms with E-state index in [4.69, 9.17) is 0 Å². The smallest absolute Gasteiger partial charge is 0.272 e. The van der Waals surface area contributed by atoms with Crippen molar-refractivity contribution in [3.8, 4) is 11.3 Å². The van der Waals surface area contributed by atoms with E-state index in [9.17, 15) is 13.2 Å². The molecule has 1 saturated carbocycles. The number of nitrogens with zero attached hydrogens (tertiary/aromatic N) is 1. The zero-order valence-corrected chi connectivity index (χ0v) is 18.6. The summed E-state index contributed by atoms with van der Waals surface area (Å²) in [5.74, 6) is 0.794. The zero-order chi connectivity index (χ0) is 21.3. The van der Waals surface area contributed by atoms with Gasteiger partial charge in [-0.2, -0.15) is 0 Å². The van der Waals surface area contributed by atoms with Gasteiger partial charge in [-0.05, 0) is 54.5 Å². The van der Waals surface area contributed by atoms with Gasteiger partial charge in [-0.3, -0.25) is 4.79 Å². The quantitative estimate of drug-likeness (QED) is 0.623. The normalized spacial score (nSPS) is 15.7. The van der Waals surface area contributed by atoms with Crippen LogP contribution in [0, 0.1) is 12.8 Å². The van der Waals surface area contributed by atoms with Gasteiger partial charge >= 0.3 is 0 Å². The Bertz CT molecular complexity index is 1210. The summed E-state index contributed by atoms with van der Waals surface area (Å²) < 4.78 is 25.7. The number of benzene rings is 1. The summed E-state index contributed by atoms with van der Waals surface area (Å²) in [6, 6.07) is 8.06. The molecule has 1 fully saturated rings. The minimum atomic E-state index is -3.12. The van der Waals surface area contributed by atoms with Crippen LogP contribution >= 0.6 is 0 Å². The lowest BCUT2D eigenvalue weighted by Gasteiger charge is -2.22. The van der Waals surface area contributed by atoms with E-state index in [2.05, 4.69) is 11.1 Å². The predicted octanol–water partition coefficient (Wildman–Crippen LogP) is 4.66. The van der Waals surface area contributed by atoms with E-state index in [0.717, 1.165) is 41.1 Å². The SMILES string of the molecule is Cc1cc(-c2cc(CS(C)(=O)=O)ccc2CCC2CCCCC2)n2cc[nH]c(=O)c12. The molecular weight excluding hydrogens is 396 g/mol. The number of aromatic nitrogens is 2. The monoisotopic (exact) mass is 426 g/mol. The lowest BCUT2D eigenvalue weighted by molar-refractivity contribution is 0.339. The van der Waals surface area contributed by atoms with Crippen LogP contribution in [0.25, 0.3) is 16.8 Å². The molecule has 1 aromatic carbocycles. The maximum Gasteiger partial charge on any atom is 0.272 e. The molecule has 3 aromatic rings. The van der Waals surface area contributed by atoms with Gasteiger partial charge in [0, 0.05) is 24.2 Å². The van der Waals surface area contributed by atoms with Crippen molar-refractivity contribution in [2.45, 2.75) is 57.6 Å². The molecule has 160 valence electrons. The maximum atomic E-state index is 12.4. The molecule has 0 spiro atoms. The summed E-state index contributed by atoms with van der Waals surface area (Å²) in [6.45, 7) is 1.94. The standard InChI is InChI=1S/C24H30N2O3S/c1-17-14-22(26-13-12-25-24(27)23(17)26)21-15-19(16-30(2,28)29)9-11-20(21)10-8-18-6-4-3-5-7-18/h9,11-15,18H,3-8,10,16H2,1-2H3,(H,25,27). The first-order valence-corrected chi connectivity index (χ1v) is 12.9. The minimum Gasteiger partial charge on any atom is -0.326 e. The molecule has 0 amide bonds. The van der Waals surface area contributed by atoms with Crippen LogP contribution in [0.2, 0.25) is 0 Å². The van der Waals surface area contributed by atoms with Crippen LogP contribution in [-0.4, -0.2) is 24.1 Å². The molecule has 0 bridgehead atoms. The summed E-state index contributed by atoms with van der Waals surface area (Å²) in [7, 11) is -3.12. The number of hydrogen-bond donors (Lipinski definition) is 1. The number of H-pyrrole nitrogens is 1. The van der Waals surface area contributed by atoms with Crippen molar-refractivity contribution >= 4 is 15.4 Å². The summed E-state index contributed by atoms with van der Waals surface area (Å²) in [4.78, 5) is 15.1. The fourth-order valence-electron chi connectivity index (χ4n) is 4.87. The molecule has 2 heterocycles. The Balaban J connectivity index is 1.78. The molecule has 4 rings (SSSR count). The molecule has 6 heteroatoms.